The zero-order chi connectivity index (χ0) is 20.1. The van der Waals surface area contributed by atoms with Gasteiger partial charge < -0.3 is 15.1 Å². The van der Waals surface area contributed by atoms with Gasteiger partial charge in [-0.25, -0.2) is 9.78 Å². The van der Waals surface area contributed by atoms with Gasteiger partial charge in [0, 0.05) is 24.2 Å². The van der Waals surface area contributed by atoms with Crippen LogP contribution in [0, 0.1) is 6.92 Å². The molecule has 0 radical (unpaired) electrons. The van der Waals surface area contributed by atoms with Crippen LogP contribution in [0.2, 0.25) is 0 Å². The third-order valence-corrected chi connectivity index (χ3v) is 4.21. The summed E-state index contributed by atoms with van der Waals surface area (Å²) >= 11 is 0. The first-order chi connectivity index (χ1) is 14.2. The van der Waals surface area contributed by atoms with E-state index >= 15 is 0 Å². The summed E-state index contributed by atoms with van der Waals surface area (Å²) in [6, 6.07) is 16.7. The van der Waals surface area contributed by atoms with Crippen molar-refractivity contribution in [1.29, 1.82) is 0 Å². The number of oxazole rings is 1. The van der Waals surface area contributed by atoms with Gasteiger partial charge in [-0.05, 0) is 47.7 Å². The van der Waals surface area contributed by atoms with Gasteiger partial charge in [-0.15, -0.1) is 5.10 Å². The minimum atomic E-state index is -0.303. The Labute approximate surface area is 166 Å². The molecule has 0 atom stereocenters. The zero-order valence-electron chi connectivity index (χ0n) is 15.7. The molecule has 0 saturated carbocycles. The van der Waals surface area contributed by atoms with Crippen LogP contribution in [-0.2, 0) is 6.42 Å². The summed E-state index contributed by atoms with van der Waals surface area (Å²) in [6.07, 6.45) is 2.17. The molecule has 4 aromatic rings. The Morgan fingerprint density at radius 3 is 2.79 bits per heavy atom. The number of tetrazole rings is 1. The lowest BCUT2D eigenvalue weighted by atomic mass is 10.2. The lowest BCUT2D eigenvalue weighted by Crippen LogP contribution is -2.30. The van der Waals surface area contributed by atoms with E-state index in [0.717, 1.165) is 16.9 Å². The number of aryl methyl sites for hydroxylation is 1. The van der Waals surface area contributed by atoms with Gasteiger partial charge in [0.05, 0.1) is 11.4 Å². The van der Waals surface area contributed by atoms with Gasteiger partial charge in [0.2, 0.25) is 5.89 Å². The number of carbonyl (C=O) groups excluding carboxylic acids is 1. The van der Waals surface area contributed by atoms with Crippen LogP contribution in [-0.4, -0.2) is 37.8 Å². The molecule has 2 aromatic heterocycles. The highest BCUT2D eigenvalue weighted by atomic mass is 16.3. The van der Waals surface area contributed by atoms with Gasteiger partial charge in [0.1, 0.15) is 6.26 Å². The van der Waals surface area contributed by atoms with E-state index in [1.807, 2.05) is 42.5 Å². The van der Waals surface area contributed by atoms with Crippen molar-refractivity contribution in [2.24, 2.45) is 0 Å². The molecule has 9 nitrogen and oxygen atoms in total. The number of rotatable bonds is 6. The summed E-state index contributed by atoms with van der Waals surface area (Å²) in [5.74, 6) is 1.23. The topological polar surface area (TPSA) is 111 Å². The smallest absolute Gasteiger partial charge is 0.319 e. The monoisotopic (exact) mass is 389 g/mol. The lowest BCUT2D eigenvalue weighted by molar-refractivity contribution is 0.252. The molecule has 146 valence electrons. The molecule has 2 N–H and O–H groups in total. The Balaban J connectivity index is 1.30. The fraction of sp³-hybridized carbons (Fsp3) is 0.150. The first-order valence-electron chi connectivity index (χ1n) is 9.09. The van der Waals surface area contributed by atoms with Crippen LogP contribution in [0.15, 0.2) is 65.3 Å². The van der Waals surface area contributed by atoms with Gasteiger partial charge in [-0.2, -0.15) is 4.68 Å². The van der Waals surface area contributed by atoms with Crippen molar-refractivity contribution in [2.45, 2.75) is 13.3 Å². The van der Waals surface area contributed by atoms with Crippen LogP contribution in [0.1, 0.15) is 11.5 Å². The van der Waals surface area contributed by atoms with Crippen LogP contribution in [0.3, 0.4) is 0 Å². The molecule has 0 unspecified atom stereocenters. The maximum absolute atomic E-state index is 12.2. The number of urea groups is 1. The number of hydrogen-bond acceptors (Lipinski definition) is 6. The first kappa shape index (κ1) is 18.4. The molecule has 0 aliphatic carbocycles. The van der Waals surface area contributed by atoms with Crippen LogP contribution in [0.5, 0.6) is 0 Å². The van der Waals surface area contributed by atoms with Crippen molar-refractivity contribution in [1.82, 2.24) is 30.5 Å². The van der Waals surface area contributed by atoms with Crippen LogP contribution in [0.25, 0.3) is 17.1 Å². The van der Waals surface area contributed by atoms with Gasteiger partial charge in [0.15, 0.2) is 5.82 Å². The molecule has 0 aliphatic rings. The quantitative estimate of drug-likeness (QED) is 0.524. The molecular formula is C20H19N7O2. The molecule has 0 aliphatic heterocycles. The second kappa shape index (κ2) is 8.34. The SMILES string of the molecule is Cc1nnnn1-c1cccc(NC(=O)NCCc2coc(-c3ccccc3)n2)c1. The van der Waals surface area contributed by atoms with Crippen molar-refractivity contribution in [3.05, 3.63) is 72.4 Å². The second-order valence-electron chi connectivity index (χ2n) is 6.33. The van der Waals surface area contributed by atoms with Crippen LogP contribution < -0.4 is 10.6 Å². The minimum Gasteiger partial charge on any atom is -0.444 e. The largest absolute Gasteiger partial charge is 0.444 e. The predicted octanol–water partition coefficient (Wildman–Crippen LogP) is 2.99. The third-order valence-electron chi connectivity index (χ3n) is 4.21. The Bertz CT molecular complexity index is 1100. The Morgan fingerprint density at radius 2 is 2.00 bits per heavy atom. The highest BCUT2D eigenvalue weighted by Gasteiger charge is 2.08. The molecule has 2 amide bonds. The van der Waals surface area contributed by atoms with Crippen molar-refractivity contribution in [3.8, 4) is 17.1 Å². The fourth-order valence-corrected chi connectivity index (χ4v) is 2.80. The van der Waals surface area contributed by atoms with E-state index in [4.69, 9.17) is 4.42 Å². The zero-order valence-corrected chi connectivity index (χ0v) is 15.7. The summed E-state index contributed by atoms with van der Waals surface area (Å²) in [5, 5.41) is 17.0. The number of nitrogens with one attached hydrogen (secondary N) is 2. The number of carbonyl (C=O) groups is 1. The fourth-order valence-electron chi connectivity index (χ4n) is 2.80. The minimum absolute atomic E-state index is 0.303. The maximum Gasteiger partial charge on any atom is 0.319 e. The van der Waals surface area contributed by atoms with E-state index < -0.39 is 0 Å². The highest BCUT2D eigenvalue weighted by Crippen LogP contribution is 2.18. The van der Waals surface area contributed by atoms with Crippen LogP contribution >= 0.6 is 0 Å². The Morgan fingerprint density at radius 1 is 1.14 bits per heavy atom. The summed E-state index contributed by atoms with van der Waals surface area (Å²) in [5.41, 5.74) is 3.10. The first-order valence-corrected chi connectivity index (χ1v) is 9.09. The van der Waals surface area contributed by atoms with E-state index in [0.29, 0.717) is 30.4 Å². The number of hydrogen-bond donors (Lipinski definition) is 2. The average Bonchev–Trinajstić information content (AvgIpc) is 3.38. The molecular weight excluding hydrogens is 370 g/mol. The second-order valence-corrected chi connectivity index (χ2v) is 6.33. The Kier molecular flexibility index (Phi) is 5.28. The van der Waals surface area contributed by atoms with E-state index in [2.05, 4.69) is 31.1 Å². The average molecular weight is 389 g/mol. The number of nitrogens with zero attached hydrogens (tertiary/aromatic N) is 5. The predicted molar refractivity (Wildman–Crippen MR) is 107 cm³/mol. The summed E-state index contributed by atoms with van der Waals surface area (Å²) in [6.45, 7) is 2.23. The number of benzene rings is 2. The third kappa shape index (κ3) is 4.46. The van der Waals surface area contributed by atoms with Gasteiger partial charge in [0.25, 0.3) is 0 Å². The molecule has 0 fully saturated rings. The summed E-state index contributed by atoms with van der Waals surface area (Å²) in [7, 11) is 0. The normalized spacial score (nSPS) is 10.7. The molecule has 9 heteroatoms. The molecule has 0 saturated heterocycles. The summed E-state index contributed by atoms with van der Waals surface area (Å²) < 4.78 is 7.10. The highest BCUT2D eigenvalue weighted by molar-refractivity contribution is 5.89. The van der Waals surface area contributed by atoms with Crippen molar-refractivity contribution in [2.75, 3.05) is 11.9 Å². The number of amides is 2. The standard InChI is InChI=1S/C20H19N7O2/c1-14-24-25-26-27(14)18-9-5-8-16(12-18)23-20(28)21-11-10-17-13-29-19(22-17)15-6-3-2-4-7-15/h2-9,12-13H,10-11H2,1H3,(H2,21,23,28). The molecule has 2 heterocycles. The van der Waals surface area contributed by atoms with Gasteiger partial charge >= 0.3 is 6.03 Å². The van der Waals surface area contributed by atoms with E-state index in [1.165, 1.54) is 0 Å². The van der Waals surface area contributed by atoms with E-state index in [1.54, 1.807) is 30.0 Å². The maximum atomic E-state index is 12.2. The lowest BCUT2D eigenvalue weighted by Gasteiger charge is -2.08. The van der Waals surface area contributed by atoms with Crippen molar-refractivity contribution < 1.29 is 9.21 Å². The van der Waals surface area contributed by atoms with Gasteiger partial charge in [-0.1, -0.05) is 24.3 Å². The number of aromatic nitrogens is 5. The molecule has 0 bridgehead atoms. The number of anilines is 1. The molecule has 29 heavy (non-hydrogen) atoms. The Hall–Kier alpha value is -4.01. The molecule has 4 rings (SSSR count). The van der Waals surface area contributed by atoms with E-state index in [9.17, 15) is 4.79 Å². The molecule has 0 spiro atoms. The van der Waals surface area contributed by atoms with Crippen molar-refractivity contribution >= 4 is 11.7 Å². The summed E-state index contributed by atoms with van der Waals surface area (Å²) in [4.78, 5) is 16.6. The van der Waals surface area contributed by atoms with Gasteiger partial charge in [-0.3, -0.25) is 0 Å². The van der Waals surface area contributed by atoms with E-state index in [-0.39, 0.29) is 6.03 Å². The molecule has 2 aromatic carbocycles. The van der Waals surface area contributed by atoms with Crippen LogP contribution in [0.4, 0.5) is 10.5 Å². The van der Waals surface area contributed by atoms with Crippen molar-refractivity contribution in [3.63, 3.8) is 0 Å².